The van der Waals surface area contributed by atoms with E-state index in [4.69, 9.17) is 9.15 Å². The van der Waals surface area contributed by atoms with Crippen LogP contribution in [0, 0.1) is 0 Å². The van der Waals surface area contributed by atoms with Crippen LogP contribution in [0.3, 0.4) is 0 Å². The van der Waals surface area contributed by atoms with Crippen molar-refractivity contribution in [3.8, 4) is 0 Å². The zero-order valence-corrected chi connectivity index (χ0v) is 13.1. The predicted octanol–water partition coefficient (Wildman–Crippen LogP) is 3.48. The molecule has 4 nitrogen and oxygen atoms in total. The molecule has 0 radical (unpaired) electrons. The first kappa shape index (κ1) is 15.2. The fourth-order valence-corrected chi connectivity index (χ4v) is 3.38. The first-order valence-corrected chi connectivity index (χ1v) is 8.45. The van der Waals surface area contributed by atoms with Gasteiger partial charge in [-0.1, -0.05) is 12.1 Å². The van der Waals surface area contributed by atoms with Crippen LogP contribution in [0.5, 0.6) is 0 Å². The highest BCUT2D eigenvalue weighted by molar-refractivity contribution is 7.98. The summed E-state index contributed by atoms with van der Waals surface area (Å²) in [5.74, 6) is 1.57. The minimum absolute atomic E-state index is 0.0435. The standard InChI is InChI=1S/C17H19NO3S/c19-17(18-11-13-5-3-9-20-13)15-7-1-2-8-16(15)22-12-14-6-4-10-21-14/h1-2,4,6-8,10,13H,3,5,9,11-12H2,(H,18,19)/t13-/m0/s1. The summed E-state index contributed by atoms with van der Waals surface area (Å²) in [6.07, 6.45) is 3.92. The van der Waals surface area contributed by atoms with E-state index in [9.17, 15) is 4.79 Å². The molecule has 3 rings (SSSR count). The Bertz CT molecular complexity index is 606. The second kappa shape index (κ2) is 7.51. The largest absolute Gasteiger partial charge is 0.468 e. The molecule has 2 aromatic rings. The van der Waals surface area contributed by atoms with Crippen LogP contribution in [0.4, 0.5) is 0 Å². The normalized spacial score (nSPS) is 17.5. The average Bonchev–Trinajstić information content (AvgIpc) is 3.24. The molecule has 116 valence electrons. The van der Waals surface area contributed by atoms with E-state index >= 15 is 0 Å². The van der Waals surface area contributed by atoms with Crippen LogP contribution in [-0.2, 0) is 10.5 Å². The number of rotatable bonds is 6. The molecule has 22 heavy (non-hydrogen) atoms. The molecule has 1 aromatic heterocycles. The van der Waals surface area contributed by atoms with E-state index in [-0.39, 0.29) is 12.0 Å². The molecule has 0 saturated carbocycles. The summed E-state index contributed by atoms with van der Waals surface area (Å²) in [4.78, 5) is 13.3. The van der Waals surface area contributed by atoms with Gasteiger partial charge in [-0.05, 0) is 37.1 Å². The van der Waals surface area contributed by atoms with Gasteiger partial charge in [0.25, 0.3) is 5.91 Å². The van der Waals surface area contributed by atoms with Crippen LogP contribution in [0.2, 0.25) is 0 Å². The van der Waals surface area contributed by atoms with Gasteiger partial charge in [0.15, 0.2) is 0 Å². The maximum absolute atomic E-state index is 12.4. The number of hydrogen-bond donors (Lipinski definition) is 1. The van der Waals surface area contributed by atoms with Crippen molar-refractivity contribution in [1.29, 1.82) is 0 Å². The van der Waals surface area contributed by atoms with Crippen molar-refractivity contribution in [2.24, 2.45) is 0 Å². The number of nitrogens with one attached hydrogen (secondary N) is 1. The van der Waals surface area contributed by atoms with Gasteiger partial charge in [0.2, 0.25) is 0 Å². The Hall–Kier alpha value is -1.72. The fourth-order valence-electron chi connectivity index (χ4n) is 2.43. The minimum Gasteiger partial charge on any atom is -0.468 e. The first-order chi connectivity index (χ1) is 10.8. The van der Waals surface area contributed by atoms with Crippen LogP contribution < -0.4 is 5.32 Å². The highest BCUT2D eigenvalue weighted by Gasteiger charge is 2.18. The Balaban J connectivity index is 1.60. The second-order valence-electron chi connectivity index (χ2n) is 5.21. The fraction of sp³-hybridized carbons (Fsp3) is 0.353. The maximum Gasteiger partial charge on any atom is 0.252 e. The summed E-state index contributed by atoms with van der Waals surface area (Å²) in [5.41, 5.74) is 0.706. The maximum atomic E-state index is 12.4. The van der Waals surface area contributed by atoms with E-state index in [0.29, 0.717) is 17.9 Å². The van der Waals surface area contributed by atoms with Crippen molar-refractivity contribution < 1.29 is 13.9 Å². The molecule has 1 aromatic carbocycles. The zero-order chi connectivity index (χ0) is 15.2. The number of carbonyl (C=O) groups is 1. The molecule has 0 bridgehead atoms. The van der Waals surface area contributed by atoms with Gasteiger partial charge in [-0.15, -0.1) is 11.8 Å². The molecule has 1 amide bonds. The van der Waals surface area contributed by atoms with Crippen molar-refractivity contribution in [2.75, 3.05) is 13.2 Å². The Labute approximate surface area is 134 Å². The summed E-state index contributed by atoms with van der Waals surface area (Å²) in [6, 6.07) is 11.5. The van der Waals surface area contributed by atoms with E-state index in [2.05, 4.69) is 5.32 Å². The Morgan fingerprint density at radius 3 is 2.95 bits per heavy atom. The smallest absolute Gasteiger partial charge is 0.252 e. The summed E-state index contributed by atoms with van der Waals surface area (Å²) >= 11 is 1.61. The highest BCUT2D eigenvalue weighted by Crippen LogP contribution is 2.26. The van der Waals surface area contributed by atoms with Gasteiger partial charge >= 0.3 is 0 Å². The average molecular weight is 317 g/mol. The van der Waals surface area contributed by atoms with Gasteiger partial charge in [0, 0.05) is 18.0 Å². The number of thioether (sulfide) groups is 1. The lowest BCUT2D eigenvalue weighted by atomic mass is 10.2. The summed E-state index contributed by atoms with van der Waals surface area (Å²) in [6.45, 7) is 1.38. The highest BCUT2D eigenvalue weighted by atomic mass is 32.2. The van der Waals surface area contributed by atoms with Crippen LogP contribution in [0.15, 0.2) is 52.0 Å². The van der Waals surface area contributed by atoms with Gasteiger partial charge in [0.05, 0.1) is 23.7 Å². The molecule has 1 atom stereocenters. The van der Waals surface area contributed by atoms with Crippen molar-refractivity contribution in [3.05, 3.63) is 54.0 Å². The lowest BCUT2D eigenvalue weighted by Gasteiger charge is -2.12. The Kier molecular flexibility index (Phi) is 5.19. The number of carbonyl (C=O) groups excluding carboxylic acids is 1. The van der Waals surface area contributed by atoms with Gasteiger partial charge in [0.1, 0.15) is 5.76 Å². The lowest BCUT2D eigenvalue weighted by Crippen LogP contribution is -2.32. The SMILES string of the molecule is O=C(NC[C@@H]1CCCO1)c1ccccc1SCc1ccco1. The topological polar surface area (TPSA) is 51.5 Å². The third-order valence-corrected chi connectivity index (χ3v) is 4.69. The van der Waals surface area contributed by atoms with E-state index in [1.807, 2.05) is 36.4 Å². The van der Waals surface area contributed by atoms with Gasteiger partial charge in [-0.25, -0.2) is 0 Å². The second-order valence-corrected chi connectivity index (χ2v) is 6.23. The number of amides is 1. The summed E-state index contributed by atoms with van der Waals surface area (Å²) < 4.78 is 10.9. The molecule has 1 aliphatic rings. The third-order valence-electron chi connectivity index (χ3n) is 3.60. The van der Waals surface area contributed by atoms with Crippen molar-refractivity contribution in [3.63, 3.8) is 0 Å². The summed E-state index contributed by atoms with van der Waals surface area (Å²) in [7, 11) is 0. The van der Waals surface area contributed by atoms with Crippen LogP contribution in [0.25, 0.3) is 0 Å². The third kappa shape index (κ3) is 3.93. The monoisotopic (exact) mass is 317 g/mol. The molecular formula is C17H19NO3S. The van der Waals surface area contributed by atoms with E-state index in [0.717, 1.165) is 30.1 Å². The van der Waals surface area contributed by atoms with E-state index in [1.54, 1.807) is 18.0 Å². The van der Waals surface area contributed by atoms with Crippen molar-refractivity contribution in [1.82, 2.24) is 5.32 Å². The Morgan fingerprint density at radius 2 is 2.18 bits per heavy atom. The summed E-state index contributed by atoms with van der Waals surface area (Å²) in [5, 5.41) is 2.97. The first-order valence-electron chi connectivity index (χ1n) is 7.47. The van der Waals surface area contributed by atoms with E-state index in [1.165, 1.54) is 0 Å². The van der Waals surface area contributed by atoms with Crippen LogP contribution in [-0.4, -0.2) is 25.2 Å². The van der Waals surface area contributed by atoms with Crippen LogP contribution in [0.1, 0.15) is 29.0 Å². The van der Waals surface area contributed by atoms with Crippen LogP contribution >= 0.6 is 11.8 Å². The van der Waals surface area contributed by atoms with E-state index < -0.39 is 0 Å². The molecule has 1 N–H and O–H groups in total. The van der Waals surface area contributed by atoms with Gasteiger partial charge < -0.3 is 14.5 Å². The molecule has 2 heterocycles. The molecule has 1 fully saturated rings. The quantitative estimate of drug-likeness (QED) is 0.829. The van der Waals surface area contributed by atoms with Gasteiger partial charge in [-0.3, -0.25) is 4.79 Å². The number of furan rings is 1. The lowest BCUT2D eigenvalue weighted by molar-refractivity contribution is 0.0855. The molecular weight excluding hydrogens is 298 g/mol. The number of hydrogen-bond acceptors (Lipinski definition) is 4. The minimum atomic E-state index is -0.0435. The number of benzene rings is 1. The molecule has 0 spiro atoms. The van der Waals surface area contributed by atoms with Gasteiger partial charge in [-0.2, -0.15) is 0 Å². The number of ether oxygens (including phenoxy) is 1. The Morgan fingerprint density at radius 1 is 1.27 bits per heavy atom. The predicted molar refractivity (Wildman–Crippen MR) is 86.0 cm³/mol. The zero-order valence-electron chi connectivity index (χ0n) is 12.3. The molecule has 0 unspecified atom stereocenters. The molecule has 1 saturated heterocycles. The molecule has 5 heteroatoms. The molecule has 0 aliphatic carbocycles. The molecule has 1 aliphatic heterocycles. The van der Waals surface area contributed by atoms with Crippen molar-refractivity contribution in [2.45, 2.75) is 29.6 Å². The van der Waals surface area contributed by atoms with Crippen molar-refractivity contribution >= 4 is 17.7 Å².